The molecule has 3 rings (SSSR count). The lowest BCUT2D eigenvalue weighted by Crippen LogP contribution is -2.37. The molecule has 5 nitrogen and oxygen atoms in total. The van der Waals surface area contributed by atoms with Gasteiger partial charge in [0, 0.05) is 24.1 Å². The monoisotopic (exact) mass is 371 g/mol. The summed E-state index contributed by atoms with van der Waals surface area (Å²) in [4.78, 5) is 6.08. The number of likely N-dealkylation sites (tertiary alicyclic amines) is 1. The van der Waals surface area contributed by atoms with Crippen molar-refractivity contribution >= 4 is 11.8 Å². The highest BCUT2D eigenvalue weighted by Crippen LogP contribution is 2.31. The zero-order chi connectivity index (χ0) is 18.0. The van der Waals surface area contributed by atoms with Gasteiger partial charge in [-0.15, -0.1) is 10.2 Å². The van der Waals surface area contributed by atoms with Gasteiger partial charge in [0.2, 0.25) is 0 Å². The Labute approximate surface area is 148 Å². The molecule has 1 aliphatic rings. The van der Waals surface area contributed by atoms with Crippen LogP contribution in [0.25, 0.3) is 11.4 Å². The summed E-state index contributed by atoms with van der Waals surface area (Å²) in [5.74, 6) is 1.47. The van der Waals surface area contributed by atoms with Gasteiger partial charge in [-0.3, -0.25) is 0 Å². The fourth-order valence-corrected chi connectivity index (χ4v) is 3.52. The standard InChI is InChI=1S/C16H20F3N5S/c1-11-12(5-6-13(20-11)16(17,18)19)14-21-22-15(23(14)2)25-10-4-9-24-7-3-8-24/h5-6H,3-4,7-10H2,1-2H3. The fourth-order valence-electron chi connectivity index (χ4n) is 2.69. The Bertz CT molecular complexity index is 740. The van der Waals surface area contributed by atoms with E-state index in [2.05, 4.69) is 20.1 Å². The molecule has 2 aromatic rings. The predicted molar refractivity (Wildman–Crippen MR) is 90.4 cm³/mol. The van der Waals surface area contributed by atoms with Crippen LogP contribution >= 0.6 is 11.8 Å². The fraction of sp³-hybridized carbons (Fsp3) is 0.562. The number of pyridine rings is 1. The molecule has 0 unspecified atom stereocenters. The summed E-state index contributed by atoms with van der Waals surface area (Å²) in [6.07, 6.45) is -2.07. The van der Waals surface area contributed by atoms with Gasteiger partial charge in [0.1, 0.15) is 5.69 Å². The Morgan fingerprint density at radius 2 is 1.96 bits per heavy atom. The van der Waals surface area contributed by atoms with Crippen LogP contribution in [0.4, 0.5) is 13.2 Å². The van der Waals surface area contributed by atoms with Crippen LogP contribution < -0.4 is 0 Å². The minimum Gasteiger partial charge on any atom is -0.305 e. The molecular formula is C16H20F3N5S. The molecule has 0 amide bonds. The molecular weight excluding hydrogens is 351 g/mol. The van der Waals surface area contributed by atoms with Crippen LogP contribution in [0, 0.1) is 6.92 Å². The van der Waals surface area contributed by atoms with Gasteiger partial charge in [-0.2, -0.15) is 13.2 Å². The molecule has 0 radical (unpaired) electrons. The van der Waals surface area contributed by atoms with Crippen molar-refractivity contribution in [3.8, 4) is 11.4 Å². The highest BCUT2D eigenvalue weighted by atomic mass is 32.2. The van der Waals surface area contributed by atoms with Crippen molar-refractivity contribution < 1.29 is 13.2 Å². The zero-order valence-corrected chi connectivity index (χ0v) is 15.0. The van der Waals surface area contributed by atoms with E-state index in [1.165, 1.54) is 25.6 Å². The predicted octanol–water partition coefficient (Wildman–Crippen LogP) is 3.39. The van der Waals surface area contributed by atoms with E-state index in [1.54, 1.807) is 18.7 Å². The first-order valence-corrected chi connectivity index (χ1v) is 9.14. The van der Waals surface area contributed by atoms with Gasteiger partial charge >= 0.3 is 6.18 Å². The molecule has 0 aromatic carbocycles. The van der Waals surface area contributed by atoms with Gasteiger partial charge in [-0.25, -0.2) is 4.98 Å². The lowest BCUT2D eigenvalue weighted by atomic mass is 10.1. The Balaban J connectivity index is 1.67. The molecule has 1 fully saturated rings. The highest BCUT2D eigenvalue weighted by molar-refractivity contribution is 7.99. The van der Waals surface area contributed by atoms with Crippen molar-refractivity contribution in [2.45, 2.75) is 31.1 Å². The molecule has 9 heteroatoms. The summed E-state index contributed by atoms with van der Waals surface area (Å²) >= 11 is 1.61. The van der Waals surface area contributed by atoms with E-state index < -0.39 is 11.9 Å². The maximum absolute atomic E-state index is 12.7. The second kappa shape index (κ2) is 7.33. The number of halogens is 3. The maximum Gasteiger partial charge on any atom is 0.433 e. The van der Waals surface area contributed by atoms with Crippen molar-refractivity contribution in [1.82, 2.24) is 24.6 Å². The van der Waals surface area contributed by atoms with Crippen LogP contribution in [0.1, 0.15) is 24.2 Å². The Morgan fingerprint density at radius 1 is 1.20 bits per heavy atom. The average molecular weight is 371 g/mol. The van der Waals surface area contributed by atoms with Gasteiger partial charge < -0.3 is 9.47 Å². The molecule has 0 saturated carbocycles. The van der Waals surface area contributed by atoms with E-state index in [0.717, 1.165) is 29.9 Å². The van der Waals surface area contributed by atoms with Crippen LogP contribution in [0.15, 0.2) is 17.3 Å². The van der Waals surface area contributed by atoms with Crippen LogP contribution in [0.5, 0.6) is 0 Å². The van der Waals surface area contributed by atoms with E-state index in [4.69, 9.17) is 0 Å². The molecule has 0 N–H and O–H groups in total. The van der Waals surface area contributed by atoms with Crippen molar-refractivity contribution in [3.63, 3.8) is 0 Å². The van der Waals surface area contributed by atoms with Crippen molar-refractivity contribution in [1.29, 1.82) is 0 Å². The number of rotatable bonds is 6. The van der Waals surface area contributed by atoms with Gasteiger partial charge in [0.05, 0.1) is 0 Å². The molecule has 0 atom stereocenters. The summed E-state index contributed by atoms with van der Waals surface area (Å²) < 4.78 is 40.0. The minimum atomic E-state index is -4.44. The first-order chi connectivity index (χ1) is 11.9. The number of nitrogens with zero attached hydrogens (tertiary/aromatic N) is 5. The molecule has 25 heavy (non-hydrogen) atoms. The summed E-state index contributed by atoms with van der Waals surface area (Å²) in [6.45, 7) is 5.04. The SMILES string of the molecule is Cc1nc(C(F)(F)F)ccc1-c1nnc(SCCCN2CCC2)n1C. The zero-order valence-electron chi connectivity index (χ0n) is 14.2. The van der Waals surface area contributed by atoms with Crippen LogP contribution in [-0.2, 0) is 13.2 Å². The first kappa shape index (κ1) is 18.2. The summed E-state index contributed by atoms with van der Waals surface area (Å²) in [6, 6.07) is 2.39. The number of hydrogen-bond donors (Lipinski definition) is 0. The number of alkyl halides is 3. The van der Waals surface area contributed by atoms with Gasteiger partial charge in [-0.05, 0) is 51.5 Å². The lowest BCUT2D eigenvalue weighted by molar-refractivity contribution is -0.141. The maximum atomic E-state index is 12.7. The Morgan fingerprint density at radius 3 is 2.56 bits per heavy atom. The van der Waals surface area contributed by atoms with E-state index in [0.29, 0.717) is 17.1 Å². The van der Waals surface area contributed by atoms with Crippen molar-refractivity contribution in [2.75, 3.05) is 25.4 Å². The summed E-state index contributed by atoms with van der Waals surface area (Å²) in [7, 11) is 1.82. The topological polar surface area (TPSA) is 46.8 Å². The normalized spacial score (nSPS) is 15.4. The second-order valence-electron chi connectivity index (χ2n) is 6.09. The largest absolute Gasteiger partial charge is 0.433 e. The molecule has 0 aliphatic carbocycles. The van der Waals surface area contributed by atoms with Crippen molar-refractivity contribution in [3.05, 3.63) is 23.5 Å². The number of hydrogen-bond acceptors (Lipinski definition) is 5. The average Bonchev–Trinajstić information content (AvgIpc) is 2.85. The molecule has 136 valence electrons. The van der Waals surface area contributed by atoms with Gasteiger partial charge in [0.15, 0.2) is 11.0 Å². The van der Waals surface area contributed by atoms with E-state index in [-0.39, 0.29) is 0 Å². The second-order valence-corrected chi connectivity index (χ2v) is 7.15. The third kappa shape index (κ3) is 4.14. The highest BCUT2D eigenvalue weighted by Gasteiger charge is 2.33. The van der Waals surface area contributed by atoms with Crippen LogP contribution in [0.3, 0.4) is 0 Å². The summed E-state index contributed by atoms with van der Waals surface area (Å²) in [5.41, 5.74) is -0.0356. The molecule has 3 heterocycles. The molecule has 1 aliphatic heterocycles. The first-order valence-electron chi connectivity index (χ1n) is 8.16. The third-order valence-corrected chi connectivity index (χ3v) is 5.36. The quantitative estimate of drug-likeness (QED) is 0.575. The molecule has 0 bridgehead atoms. The van der Waals surface area contributed by atoms with E-state index in [9.17, 15) is 13.2 Å². The van der Waals surface area contributed by atoms with Crippen LogP contribution in [0.2, 0.25) is 0 Å². The minimum absolute atomic E-state index is 0.291. The number of aromatic nitrogens is 4. The van der Waals surface area contributed by atoms with Crippen molar-refractivity contribution in [2.24, 2.45) is 7.05 Å². The smallest absolute Gasteiger partial charge is 0.305 e. The number of aryl methyl sites for hydroxylation is 1. The van der Waals surface area contributed by atoms with Gasteiger partial charge in [-0.1, -0.05) is 11.8 Å². The lowest BCUT2D eigenvalue weighted by Gasteiger charge is -2.30. The third-order valence-electron chi connectivity index (χ3n) is 4.25. The van der Waals surface area contributed by atoms with Crippen LogP contribution in [-0.4, -0.2) is 50.0 Å². The Hall–Kier alpha value is -1.61. The van der Waals surface area contributed by atoms with Gasteiger partial charge in [0.25, 0.3) is 0 Å². The molecule has 2 aromatic heterocycles. The summed E-state index contributed by atoms with van der Waals surface area (Å²) in [5, 5.41) is 9.07. The molecule has 0 spiro atoms. The van der Waals surface area contributed by atoms with E-state index in [1.807, 2.05) is 11.6 Å². The number of thioether (sulfide) groups is 1. The Kier molecular flexibility index (Phi) is 5.33. The molecule has 1 saturated heterocycles. The van der Waals surface area contributed by atoms with E-state index >= 15 is 0 Å².